The van der Waals surface area contributed by atoms with Crippen LogP contribution in [0.4, 0.5) is 4.39 Å². The van der Waals surface area contributed by atoms with Gasteiger partial charge in [0.15, 0.2) is 0 Å². The Morgan fingerprint density at radius 1 is 1.29 bits per heavy atom. The molecule has 0 saturated carbocycles. The van der Waals surface area contributed by atoms with Crippen molar-refractivity contribution in [3.63, 3.8) is 0 Å². The zero-order chi connectivity index (χ0) is 18.1. The monoisotopic (exact) mass is 416 g/mol. The van der Waals surface area contributed by atoms with E-state index in [1.54, 1.807) is 0 Å². The molecule has 24 heavy (non-hydrogen) atoms. The third-order valence-corrected chi connectivity index (χ3v) is 4.98. The van der Waals surface area contributed by atoms with Crippen LogP contribution in [-0.2, 0) is 9.59 Å². The van der Waals surface area contributed by atoms with Gasteiger partial charge in [0.2, 0.25) is 0 Å². The second-order valence-corrected chi connectivity index (χ2v) is 6.88. The van der Waals surface area contributed by atoms with Crippen molar-refractivity contribution in [3.8, 4) is 0 Å². The number of hydrogen-bond acceptors (Lipinski definition) is 2. The average Bonchev–Trinajstić information content (AvgIpc) is 2.51. The Bertz CT molecular complexity index is 741. The number of allylic oxidation sites excluding steroid dienone is 2. The summed E-state index contributed by atoms with van der Waals surface area (Å²) in [6.07, 6.45) is 1.90. The molecule has 1 aromatic carbocycles. The van der Waals surface area contributed by atoms with Gasteiger partial charge >= 0.3 is 11.9 Å². The van der Waals surface area contributed by atoms with E-state index in [1.807, 2.05) is 0 Å². The lowest BCUT2D eigenvalue weighted by molar-refractivity contribution is -0.146. The summed E-state index contributed by atoms with van der Waals surface area (Å²) in [6.45, 7) is 1.45. The molecular formula is C17H15BrClFO4. The SMILES string of the molecule is CC1(C(=O)O)C=C(CCBr)C(Cl)=C(C(=O)O)C1c1ccc(F)cc1. The summed E-state index contributed by atoms with van der Waals surface area (Å²) in [5, 5.41) is 20.0. The zero-order valence-electron chi connectivity index (χ0n) is 12.7. The van der Waals surface area contributed by atoms with Crippen molar-refractivity contribution in [1.82, 2.24) is 0 Å². The van der Waals surface area contributed by atoms with Gasteiger partial charge in [-0.25, -0.2) is 9.18 Å². The van der Waals surface area contributed by atoms with Crippen LogP contribution in [-0.4, -0.2) is 27.5 Å². The van der Waals surface area contributed by atoms with Crippen molar-refractivity contribution >= 4 is 39.5 Å². The Balaban J connectivity index is 2.74. The quantitative estimate of drug-likeness (QED) is 0.700. The molecule has 1 aromatic rings. The Hall–Kier alpha value is -1.66. The average molecular weight is 418 g/mol. The predicted octanol–water partition coefficient (Wildman–Crippen LogP) is 4.30. The Labute approximate surface area is 151 Å². The molecule has 0 bridgehead atoms. The molecule has 7 heteroatoms. The molecule has 1 aliphatic rings. The van der Waals surface area contributed by atoms with Crippen molar-refractivity contribution < 1.29 is 24.2 Å². The van der Waals surface area contributed by atoms with Crippen LogP contribution in [0.25, 0.3) is 0 Å². The van der Waals surface area contributed by atoms with E-state index in [1.165, 1.54) is 37.3 Å². The van der Waals surface area contributed by atoms with Crippen LogP contribution >= 0.6 is 27.5 Å². The number of carboxylic acids is 2. The van der Waals surface area contributed by atoms with E-state index in [9.17, 15) is 24.2 Å². The van der Waals surface area contributed by atoms with Crippen LogP contribution < -0.4 is 0 Å². The lowest BCUT2D eigenvalue weighted by atomic mass is 9.65. The lowest BCUT2D eigenvalue weighted by Gasteiger charge is -2.37. The molecule has 0 heterocycles. The highest BCUT2D eigenvalue weighted by atomic mass is 79.9. The number of benzene rings is 1. The predicted molar refractivity (Wildman–Crippen MR) is 91.9 cm³/mol. The van der Waals surface area contributed by atoms with Crippen LogP contribution in [0.5, 0.6) is 0 Å². The maximum atomic E-state index is 13.2. The summed E-state index contributed by atoms with van der Waals surface area (Å²) in [6, 6.07) is 5.11. The van der Waals surface area contributed by atoms with Gasteiger partial charge in [-0.1, -0.05) is 45.7 Å². The molecule has 2 atom stereocenters. The van der Waals surface area contributed by atoms with Crippen molar-refractivity contribution in [2.45, 2.75) is 19.3 Å². The van der Waals surface area contributed by atoms with Gasteiger partial charge in [0.25, 0.3) is 0 Å². The van der Waals surface area contributed by atoms with Crippen LogP contribution in [0.3, 0.4) is 0 Å². The molecular weight excluding hydrogens is 403 g/mol. The minimum Gasteiger partial charge on any atom is -0.481 e. The van der Waals surface area contributed by atoms with Crippen molar-refractivity contribution in [3.05, 3.63) is 57.9 Å². The third kappa shape index (κ3) is 3.26. The van der Waals surface area contributed by atoms with Crippen LogP contribution in [0.15, 0.2) is 46.5 Å². The highest BCUT2D eigenvalue weighted by molar-refractivity contribution is 9.09. The molecule has 0 aliphatic heterocycles. The number of aliphatic carboxylic acids is 2. The molecule has 0 saturated heterocycles. The largest absolute Gasteiger partial charge is 0.481 e. The van der Waals surface area contributed by atoms with Gasteiger partial charge in [-0.2, -0.15) is 0 Å². The topological polar surface area (TPSA) is 74.6 Å². The van der Waals surface area contributed by atoms with Crippen LogP contribution in [0.2, 0.25) is 0 Å². The van der Waals surface area contributed by atoms with E-state index in [2.05, 4.69) is 15.9 Å². The maximum Gasteiger partial charge on any atom is 0.333 e. The molecule has 2 N–H and O–H groups in total. The number of carboxylic acid groups (broad SMARTS) is 2. The Kier molecular flexibility index (Phi) is 5.50. The fraction of sp³-hybridized carbons (Fsp3) is 0.294. The van der Waals surface area contributed by atoms with E-state index in [0.717, 1.165) is 0 Å². The van der Waals surface area contributed by atoms with Crippen LogP contribution in [0.1, 0.15) is 24.8 Å². The molecule has 0 amide bonds. The Morgan fingerprint density at radius 2 is 1.88 bits per heavy atom. The molecule has 0 spiro atoms. The molecule has 0 radical (unpaired) electrons. The first-order valence-corrected chi connectivity index (χ1v) is 8.62. The summed E-state index contributed by atoms with van der Waals surface area (Å²) < 4.78 is 13.2. The molecule has 1 aliphatic carbocycles. The third-order valence-electron chi connectivity index (χ3n) is 4.14. The highest BCUT2D eigenvalue weighted by Gasteiger charge is 2.48. The molecule has 2 unspecified atom stereocenters. The molecule has 2 rings (SSSR count). The fourth-order valence-electron chi connectivity index (χ4n) is 2.96. The second kappa shape index (κ2) is 7.07. The van der Waals surface area contributed by atoms with E-state index in [4.69, 9.17) is 11.6 Å². The van der Waals surface area contributed by atoms with Gasteiger partial charge in [0, 0.05) is 11.2 Å². The lowest BCUT2D eigenvalue weighted by Crippen LogP contribution is -2.38. The summed E-state index contributed by atoms with van der Waals surface area (Å²) in [5.41, 5.74) is -0.853. The maximum absolute atomic E-state index is 13.2. The molecule has 0 aromatic heterocycles. The van der Waals surface area contributed by atoms with E-state index < -0.39 is 29.1 Å². The second-order valence-electron chi connectivity index (χ2n) is 5.71. The Morgan fingerprint density at radius 3 is 2.33 bits per heavy atom. The molecule has 0 fully saturated rings. The summed E-state index contributed by atoms with van der Waals surface area (Å²) in [7, 11) is 0. The first-order valence-electron chi connectivity index (χ1n) is 7.12. The number of carbonyl (C=O) groups is 2. The number of halogens is 3. The van der Waals surface area contributed by atoms with E-state index in [-0.39, 0.29) is 10.6 Å². The highest BCUT2D eigenvalue weighted by Crippen LogP contribution is 2.50. The van der Waals surface area contributed by atoms with Gasteiger partial charge in [-0.3, -0.25) is 4.79 Å². The van der Waals surface area contributed by atoms with E-state index >= 15 is 0 Å². The van der Waals surface area contributed by atoms with Crippen molar-refractivity contribution in [2.75, 3.05) is 5.33 Å². The van der Waals surface area contributed by atoms with Gasteiger partial charge < -0.3 is 10.2 Å². The zero-order valence-corrected chi connectivity index (χ0v) is 15.1. The number of rotatable bonds is 5. The standard InChI is InChI=1S/C17H15BrClFO4/c1-17(16(23)24)8-10(6-7-18)14(19)12(15(21)22)13(17)9-2-4-11(20)5-3-9/h2-5,8,13H,6-7H2,1H3,(H,21,22)(H,23,24). The first kappa shape index (κ1) is 18.7. The summed E-state index contributed by atoms with van der Waals surface area (Å²) >= 11 is 9.53. The molecule has 4 nitrogen and oxygen atoms in total. The first-order chi connectivity index (χ1) is 11.2. The van der Waals surface area contributed by atoms with Gasteiger partial charge in [0.05, 0.1) is 16.0 Å². The van der Waals surface area contributed by atoms with Crippen LogP contribution in [0, 0.1) is 11.2 Å². The molecule has 128 valence electrons. The minimum atomic E-state index is -1.51. The fourth-order valence-corrected chi connectivity index (χ4v) is 3.73. The minimum absolute atomic E-state index is 0.0370. The van der Waals surface area contributed by atoms with Gasteiger partial charge in [0.1, 0.15) is 5.82 Å². The number of hydrogen-bond donors (Lipinski definition) is 2. The smallest absolute Gasteiger partial charge is 0.333 e. The summed E-state index contributed by atoms with van der Waals surface area (Å²) in [4.78, 5) is 23.8. The number of alkyl halides is 1. The van der Waals surface area contributed by atoms with Crippen molar-refractivity contribution in [2.24, 2.45) is 5.41 Å². The van der Waals surface area contributed by atoms with E-state index in [0.29, 0.717) is 22.9 Å². The summed E-state index contributed by atoms with van der Waals surface area (Å²) in [5.74, 6) is -3.98. The normalized spacial score (nSPS) is 23.8. The van der Waals surface area contributed by atoms with Gasteiger partial charge in [-0.15, -0.1) is 0 Å². The van der Waals surface area contributed by atoms with Crippen molar-refractivity contribution in [1.29, 1.82) is 0 Å². The van der Waals surface area contributed by atoms with Gasteiger partial charge in [-0.05, 0) is 36.6 Å².